The van der Waals surface area contributed by atoms with Gasteiger partial charge in [0.05, 0.1) is 11.0 Å². The molecule has 0 atom stereocenters. The summed E-state index contributed by atoms with van der Waals surface area (Å²) in [5, 5.41) is 4.95. The third kappa shape index (κ3) is 1.52. The van der Waals surface area contributed by atoms with Gasteiger partial charge in [-0.15, -0.1) is 0 Å². The Morgan fingerprint density at radius 2 is 1.45 bits per heavy atom. The standard InChI is InChI=1S/C19H11BrN2/c20-13-9-12-10-18-16-7-2-1-5-14(16)15-6-3-4-8-17(15)22(18)19(12)21-11-13/h1-11H. The van der Waals surface area contributed by atoms with Crippen LogP contribution in [0.4, 0.5) is 0 Å². The number of halogens is 1. The fourth-order valence-corrected chi connectivity index (χ4v) is 3.70. The fraction of sp³-hybridized carbons (Fsp3) is 0. The first-order chi connectivity index (χ1) is 10.8. The third-order valence-corrected chi connectivity index (χ3v) is 4.68. The van der Waals surface area contributed by atoms with Gasteiger partial charge in [-0.3, -0.25) is 4.40 Å². The molecule has 0 saturated heterocycles. The van der Waals surface area contributed by atoms with Crippen LogP contribution in [-0.2, 0) is 0 Å². The first-order valence-corrected chi connectivity index (χ1v) is 7.98. The molecule has 3 heteroatoms. The van der Waals surface area contributed by atoms with E-state index < -0.39 is 0 Å². The first kappa shape index (κ1) is 12.2. The van der Waals surface area contributed by atoms with Crippen molar-refractivity contribution < 1.29 is 0 Å². The predicted octanol–water partition coefficient (Wildman–Crippen LogP) is 5.56. The van der Waals surface area contributed by atoms with E-state index in [-0.39, 0.29) is 0 Å². The second kappa shape index (κ2) is 4.31. The lowest BCUT2D eigenvalue weighted by atomic mass is 10.1. The maximum atomic E-state index is 4.64. The molecule has 2 nitrogen and oxygen atoms in total. The van der Waals surface area contributed by atoms with Gasteiger partial charge in [-0.25, -0.2) is 4.98 Å². The van der Waals surface area contributed by atoms with Gasteiger partial charge in [-0.2, -0.15) is 0 Å². The van der Waals surface area contributed by atoms with Crippen LogP contribution in [-0.4, -0.2) is 9.38 Å². The quantitative estimate of drug-likeness (QED) is 0.335. The Bertz CT molecular complexity index is 1190. The monoisotopic (exact) mass is 346 g/mol. The Hall–Kier alpha value is -2.39. The van der Waals surface area contributed by atoms with Crippen molar-refractivity contribution in [1.82, 2.24) is 9.38 Å². The van der Waals surface area contributed by atoms with Gasteiger partial charge in [0.2, 0.25) is 0 Å². The number of para-hydroxylation sites is 1. The van der Waals surface area contributed by atoms with Gasteiger partial charge >= 0.3 is 0 Å². The molecule has 0 bridgehead atoms. The molecule has 0 aliphatic heterocycles. The van der Waals surface area contributed by atoms with Crippen molar-refractivity contribution in [1.29, 1.82) is 0 Å². The van der Waals surface area contributed by atoms with E-state index in [0.29, 0.717) is 0 Å². The maximum Gasteiger partial charge on any atom is 0.145 e. The van der Waals surface area contributed by atoms with Gasteiger partial charge in [-0.05, 0) is 39.5 Å². The lowest BCUT2D eigenvalue weighted by molar-refractivity contribution is 1.25. The van der Waals surface area contributed by atoms with Crippen LogP contribution in [0.15, 0.2) is 71.3 Å². The number of fused-ring (bicyclic) bond motifs is 8. The van der Waals surface area contributed by atoms with Crippen LogP contribution in [0.3, 0.4) is 0 Å². The van der Waals surface area contributed by atoms with Gasteiger partial charge in [0.1, 0.15) is 5.65 Å². The molecule has 0 spiro atoms. The molecule has 3 heterocycles. The second-order valence-electron chi connectivity index (χ2n) is 5.49. The molecule has 0 aliphatic rings. The average molecular weight is 347 g/mol. The molecule has 0 radical (unpaired) electrons. The molecule has 0 saturated carbocycles. The second-order valence-corrected chi connectivity index (χ2v) is 6.41. The zero-order chi connectivity index (χ0) is 14.7. The van der Waals surface area contributed by atoms with Crippen molar-refractivity contribution in [3.8, 4) is 0 Å². The largest absolute Gasteiger partial charge is 0.293 e. The normalized spacial score (nSPS) is 11.9. The summed E-state index contributed by atoms with van der Waals surface area (Å²) < 4.78 is 3.27. The van der Waals surface area contributed by atoms with E-state index in [2.05, 4.69) is 86.0 Å². The highest BCUT2D eigenvalue weighted by Gasteiger charge is 2.12. The van der Waals surface area contributed by atoms with Crippen molar-refractivity contribution in [2.45, 2.75) is 0 Å². The third-order valence-electron chi connectivity index (χ3n) is 4.24. The molecule has 0 amide bonds. The zero-order valence-corrected chi connectivity index (χ0v) is 13.2. The fourth-order valence-electron chi connectivity index (χ4n) is 3.35. The van der Waals surface area contributed by atoms with Crippen molar-refractivity contribution in [2.75, 3.05) is 0 Å². The van der Waals surface area contributed by atoms with Gasteiger partial charge in [-0.1, -0.05) is 42.5 Å². The number of hydrogen-bond donors (Lipinski definition) is 0. The van der Waals surface area contributed by atoms with E-state index in [4.69, 9.17) is 0 Å². The van der Waals surface area contributed by atoms with Crippen LogP contribution < -0.4 is 0 Å². The van der Waals surface area contributed by atoms with Gasteiger partial charge in [0.15, 0.2) is 0 Å². The van der Waals surface area contributed by atoms with Crippen molar-refractivity contribution in [2.24, 2.45) is 0 Å². The van der Waals surface area contributed by atoms with Gasteiger partial charge in [0, 0.05) is 26.8 Å². The van der Waals surface area contributed by atoms with Crippen molar-refractivity contribution >= 4 is 54.2 Å². The highest BCUT2D eigenvalue weighted by Crippen LogP contribution is 2.33. The summed E-state index contributed by atoms with van der Waals surface area (Å²) in [5.41, 5.74) is 3.40. The van der Waals surface area contributed by atoms with Crippen molar-refractivity contribution in [3.05, 3.63) is 71.3 Å². The molecule has 0 unspecified atom stereocenters. The molecule has 0 fully saturated rings. The van der Waals surface area contributed by atoms with Crippen LogP contribution in [0.1, 0.15) is 0 Å². The van der Waals surface area contributed by atoms with Crippen LogP contribution >= 0.6 is 15.9 Å². The Balaban J connectivity index is 2.21. The molecule has 3 aromatic heterocycles. The molecule has 0 N–H and O–H groups in total. The maximum absolute atomic E-state index is 4.64. The highest BCUT2D eigenvalue weighted by molar-refractivity contribution is 9.10. The summed E-state index contributed by atoms with van der Waals surface area (Å²) in [4.78, 5) is 4.64. The molecule has 5 aromatic rings. The van der Waals surface area contributed by atoms with E-state index >= 15 is 0 Å². The molecular weight excluding hydrogens is 336 g/mol. The minimum atomic E-state index is 1.00. The molecule has 2 aromatic carbocycles. The molecular formula is C19H11BrN2. The lowest BCUT2D eigenvalue weighted by Crippen LogP contribution is -1.91. The SMILES string of the molecule is Brc1cnc2c(c1)cc1c3ccccc3c3ccccc3n12. The number of aromatic nitrogens is 2. The summed E-state index contributed by atoms with van der Waals surface area (Å²) in [6.45, 7) is 0. The lowest BCUT2D eigenvalue weighted by Gasteiger charge is -2.09. The number of rotatable bonds is 0. The number of hydrogen-bond acceptors (Lipinski definition) is 1. The van der Waals surface area contributed by atoms with E-state index in [0.717, 1.165) is 15.5 Å². The molecule has 0 aliphatic carbocycles. The summed E-state index contributed by atoms with van der Waals surface area (Å²) in [7, 11) is 0. The summed E-state index contributed by atoms with van der Waals surface area (Å²) in [6, 6.07) is 21.4. The Morgan fingerprint density at radius 3 is 2.27 bits per heavy atom. The Morgan fingerprint density at radius 1 is 0.773 bits per heavy atom. The predicted molar refractivity (Wildman–Crippen MR) is 95.4 cm³/mol. The topological polar surface area (TPSA) is 17.3 Å². The Labute approximate surface area is 135 Å². The number of pyridine rings is 2. The molecule has 5 rings (SSSR count). The van der Waals surface area contributed by atoms with E-state index in [1.54, 1.807) is 0 Å². The Kier molecular flexibility index (Phi) is 2.38. The summed E-state index contributed by atoms with van der Waals surface area (Å²) in [5.74, 6) is 0. The van der Waals surface area contributed by atoms with E-state index in [9.17, 15) is 0 Å². The minimum absolute atomic E-state index is 1.00. The van der Waals surface area contributed by atoms with Gasteiger partial charge < -0.3 is 0 Å². The van der Waals surface area contributed by atoms with Crippen LogP contribution in [0.2, 0.25) is 0 Å². The number of nitrogens with zero attached hydrogens (tertiary/aromatic N) is 2. The highest BCUT2D eigenvalue weighted by atomic mass is 79.9. The van der Waals surface area contributed by atoms with Crippen LogP contribution in [0.25, 0.3) is 38.2 Å². The van der Waals surface area contributed by atoms with E-state index in [1.165, 1.54) is 27.2 Å². The molecule has 22 heavy (non-hydrogen) atoms. The van der Waals surface area contributed by atoms with Crippen molar-refractivity contribution in [3.63, 3.8) is 0 Å². The summed E-state index contributed by atoms with van der Waals surface area (Å²) >= 11 is 3.52. The smallest absolute Gasteiger partial charge is 0.145 e. The number of benzene rings is 2. The van der Waals surface area contributed by atoms with Gasteiger partial charge in [0.25, 0.3) is 0 Å². The summed E-state index contributed by atoms with van der Waals surface area (Å²) in [6.07, 6.45) is 1.86. The minimum Gasteiger partial charge on any atom is -0.293 e. The zero-order valence-electron chi connectivity index (χ0n) is 11.6. The first-order valence-electron chi connectivity index (χ1n) is 7.19. The van der Waals surface area contributed by atoms with Crippen LogP contribution in [0.5, 0.6) is 0 Å². The van der Waals surface area contributed by atoms with Crippen LogP contribution in [0, 0.1) is 0 Å². The van der Waals surface area contributed by atoms with E-state index in [1.807, 2.05) is 6.20 Å². The average Bonchev–Trinajstić information content (AvgIpc) is 2.94. The molecule has 104 valence electrons.